The molecule has 4 nitrogen and oxygen atoms in total. The van der Waals surface area contributed by atoms with Crippen LogP contribution in [0.25, 0.3) is 0 Å². The van der Waals surface area contributed by atoms with E-state index < -0.39 is 0 Å². The molecular formula is C15H19N3OS. The van der Waals surface area contributed by atoms with Gasteiger partial charge in [-0.25, -0.2) is 0 Å². The molecule has 1 N–H and O–H groups in total. The lowest BCUT2D eigenvalue weighted by Gasteiger charge is -2.19. The molecule has 1 unspecified atom stereocenters. The fraction of sp³-hybridized carbons (Fsp3) is 0.467. The predicted octanol–water partition coefficient (Wildman–Crippen LogP) is 3.48. The summed E-state index contributed by atoms with van der Waals surface area (Å²) in [5.74, 6) is 2.27. The zero-order valence-electron chi connectivity index (χ0n) is 11.6. The maximum Gasteiger partial charge on any atom is 0.243 e. The molecule has 3 rings (SSSR count). The standard InChI is InChI=1S/C15H19N3OS/c1-11-6-2-3-8-13(11)20-10-14-17-15(19-18-14)12-7-4-5-9-16-12/h2-3,6,8,12,16H,4-5,7,9-10H2,1H3. The molecule has 1 aliphatic heterocycles. The number of aryl methyl sites for hydroxylation is 1. The second-order valence-electron chi connectivity index (χ2n) is 5.11. The van der Waals surface area contributed by atoms with E-state index in [1.807, 2.05) is 0 Å². The Balaban J connectivity index is 1.61. The third-order valence-electron chi connectivity index (χ3n) is 3.54. The van der Waals surface area contributed by atoms with E-state index in [0.717, 1.165) is 30.4 Å². The first-order valence-electron chi connectivity index (χ1n) is 7.07. The smallest absolute Gasteiger partial charge is 0.243 e. The fourth-order valence-electron chi connectivity index (χ4n) is 2.39. The van der Waals surface area contributed by atoms with Crippen LogP contribution in [0.15, 0.2) is 33.7 Å². The van der Waals surface area contributed by atoms with Crippen LogP contribution in [0.1, 0.15) is 42.6 Å². The first-order chi connectivity index (χ1) is 9.83. The second-order valence-corrected chi connectivity index (χ2v) is 6.12. The molecule has 0 bridgehead atoms. The van der Waals surface area contributed by atoms with Crippen molar-refractivity contribution >= 4 is 11.8 Å². The Hall–Kier alpha value is -1.33. The highest BCUT2D eigenvalue weighted by molar-refractivity contribution is 7.98. The number of aromatic nitrogens is 2. The molecular weight excluding hydrogens is 270 g/mol. The van der Waals surface area contributed by atoms with Gasteiger partial charge in [0.25, 0.3) is 0 Å². The van der Waals surface area contributed by atoms with E-state index in [4.69, 9.17) is 4.52 Å². The normalized spacial score (nSPS) is 19.1. The SMILES string of the molecule is Cc1ccccc1SCc1noc(C2CCCCN2)n1. The Kier molecular flexibility index (Phi) is 4.38. The summed E-state index contributed by atoms with van der Waals surface area (Å²) >= 11 is 1.75. The zero-order valence-corrected chi connectivity index (χ0v) is 12.4. The van der Waals surface area contributed by atoms with Crippen LogP contribution in [-0.4, -0.2) is 16.7 Å². The van der Waals surface area contributed by atoms with Gasteiger partial charge in [0, 0.05) is 4.90 Å². The molecule has 0 aliphatic carbocycles. The van der Waals surface area contributed by atoms with Gasteiger partial charge in [-0.15, -0.1) is 11.8 Å². The minimum absolute atomic E-state index is 0.244. The molecule has 1 aromatic carbocycles. The van der Waals surface area contributed by atoms with Crippen molar-refractivity contribution in [1.29, 1.82) is 0 Å². The van der Waals surface area contributed by atoms with E-state index in [0.29, 0.717) is 0 Å². The number of hydrogen-bond acceptors (Lipinski definition) is 5. The van der Waals surface area contributed by atoms with Gasteiger partial charge in [0.05, 0.1) is 11.8 Å². The fourth-order valence-corrected chi connectivity index (χ4v) is 3.26. The van der Waals surface area contributed by atoms with E-state index in [-0.39, 0.29) is 6.04 Å². The van der Waals surface area contributed by atoms with E-state index in [1.165, 1.54) is 23.3 Å². The number of nitrogens with zero attached hydrogens (tertiary/aromatic N) is 2. The Morgan fingerprint density at radius 3 is 3.05 bits per heavy atom. The van der Waals surface area contributed by atoms with Gasteiger partial charge in [0.15, 0.2) is 5.82 Å². The molecule has 2 aromatic rings. The molecule has 0 amide bonds. The third kappa shape index (κ3) is 3.22. The summed E-state index contributed by atoms with van der Waals surface area (Å²) in [6, 6.07) is 8.61. The number of hydrogen-bond donors (Lipinski definition) is 1. The van der Waals surface area contributed by atoms with Crippen LogP contribution in [0, 0.1) is 6.92 Å². The lowest BCUT2D eigenvalue weighted by molar-refractivity contribution is 0.296. The summed E-state index contributed by atoms with van der Waals surface area (Å²) in [7, 11) is 0. The highest BCUT2D eigenvalue weighted by atomic mass is 32.2. The van der Waals surface area contributed by atoms with E-state index >= 15 is 0 Å². The minimum Gasteiger partial charge on any atom is -0.338 e. The molecule has 1 aliphatic rings. The van der Waals surface area contributed by atoms with E-state index in [1.54, 1.807) is 11.8 Å². The number of benzene rings is 1. The summed E-state index contributed by atoms with van der Waals surface area (Å²) in [6.07, 6.45) is 3.56. The molecule has 0 saturated carbocycles. The highest BCUT2D eigenvalue weighted by Crippen LogP contribution is 2.26. The van der Waals surface area contributed by atoms with Gasteiger partial charge < -0.3 is 9.84 Å². The number of thioether (sulfide) groups is 1. The van der Waals surface area contributed by atoms with Crippen molar-refractivity contribution < 1.29 is 4.52 Å². The second kappa shape index (κ2) is 6.41. The Labute approximate surface area is 123 Å². The average molecular weight is 289 g/mol. The van der Waals surface area contributed by atoms with Crippen molar-refractivity contribution in [3.63, 3.8) is 0 Å². The van der Waals surface area contributed by atoms with Crippen molar-refractivity contribution in [1.82, 2.24) is 15.5 Å². The third-order valence-corrected chi connectivity index (χ3v) is 4.71. The van der Waals surface area contributed by atoms with Gasteiger partial charge in [-0.2, -0.15) is 4.98 Å². The number of nitrogens with one attached hydrogen (secondary N) is 1. The first-order valence-corrected chi connectivity index (χ1v) is 8.06. The Morgan fingerprint density at radius 2 is 2.25 bits per heavy atom. The summed E-state index contributed by atoms with van der Waals surface area (Å²) in [5.41, 5.74) is 1.29. The van der Waals surface area contributed by atoms with Crippen molar-refractivity contribution in [2.45, 2.75) is 42.9 Å². The molecule has 5 heteroatoms. The van der Waals surface area contributed by atoms with Crippen LogP contribution in [0.2, 0.25) is 0 Å². The lowest BCUT2D eigenvalue weighted by Crippen LogP contribution is -2.26. The van der Waals surface area contributed by atoms with E-state index in [2.05, 4.69) is 46.6 Å². The molecule has 2 heterocycles. The molecule has 20 heavy (non-hydrogen) atoms. The van der Waals surface area contributed by atoms with Crippen molar-refractivity contribution in [2.75, 3.05) is 6.54 Å². The predicted molar refractivity (Wildman–Crippen MR) is 79.6 cm³/mol. The van der Waals surface area contributed by atoms with Crippen LogP contribution in [0.5, 0.6) is 0 Å². The topological polar surface area (TPSA) is 51.0 Å². The van der Waals surface area contributed by atoms with Crippen molar-refractivity contribution in [3.05, 3.63) is 41.5 Å². The van der Waals surface area contributed by atoms with Gasteiger partial charge >= 0.3 is 0 Å². The molecule has 106 valence electrons. The van der Waals surface area contributed by atoms with Gasteiger partial charge in [-0.3, -0.25) is 0 Å². The van der Waals surface area contributed by atoms with E-state index in [9.17, 15) is 0 Å². The van der Waals surface area contributed by atoms with Crippen LogP contribution in [0.4, 0.5) is 0 Å². The minimum atomic E-state index is 0.244. The summed E-state index contributed by atoms with van der Waals surface area (Å²) < 4.78 is 5.39. The van der Waals surface area contributed by atoms with Gasteiger partial charge in [-0.05, 0) is 37.9 Å². The van der Waals surface area contributed by atoms with Crippen molar-refractivity contribution in [3.8, 4) is 0 Å². The molecule has 1 saturated heterocycles. The van der Waals surface area contributed by atoms with Gasteiger partial charge in [0.2, 0.25) is 5.89 Å². The average Bonchev–Trinajstić information content (AvgIpc) is 2.96. The Bertz CT molecular complexity index is 564. The number of piperidine rings is 1. The van der Waals surface area contributed by atoms with Crippen LogP contribution < -0.4 is 5.32 Å². The Morgan fingerprint density at radius 1 is 1.35 bits per heavy atom. The highest BCUT2D eigenvalue weighted by Gasteiger charge is 2.20. The monoisotopic (exact) mass is 289 g/mol. The summed E-state index contributed by atoms with van der Waals surface area (Å²) in [4.78, 5) is 5.79. The maximum atomic E-state index is 5.39. The lowest BCUT2D eigenvalue weighted by atomic mass is 10.1. The summed E-state index contributed by atoms with van der Waals surface area (Å²) in [5, 5.41) is 7.52. The van der Waals surface area contributed by atoms with Gasteiger partial charge in [-0.1, -0.05) is 29.8 Å². The largest absolute Gasteiger partial charge is 0.338 e. The number of rotatable bonds is 4. The molecule has 1 aromatic heterocycles. The molecule has 1 fully saturated rings. The van der Waals surface area contributed by atoms with Crippen LogP contribution in [0.3, 0.4) is 0 Å². The molecule has 0 radical (unpaired) electrons. The zero-order chi connectivity index (χ0) is 13.8. The summed E-state index contributed by atoms with van der Waals surface area (Å²) in [6.45, 7) is 3.16. The maximum absolute atomic E-state index is 5.39. The first kappa shape index (κ1) is 13.6. The van der Waals surface area contributed by atoms with Crippen LogP contribution in [-0.2, 0) is 5.75 Å². The van der Waals surface area contributed by atoms with Gasteiger partial charge in [0.1, 0.15) is 0 Å². The van der Waals surface area contributed by atoms with Crippen LogP contribution >= 0.6 is 11.8 Å². The quantitative estimate of drug-likeness (QED) is 0.873. The van der Waals surface area contributed by atoms with Crippen molar-refractivity contribution in [2.24, 2.45) is 0 Å². The molecule has 0 spiro atoms. The molecule has 1 atom stereocenters.